The van der Waals surface area contributed by atoms with Crippen molar-refractivity contribution in [2.75, 3.05) is 125 Å². The minimum Gasteiger partial charge on any atom is -0.493 e. The predicted octanol–water partition coefficient (Wildman–Crippen LogP) is 18.0. The zero-order valence-electron chi connectivity index (χ0n) is 74.5. The number of carbonyl (C=O) groups is 2. The first-order chi connectivity index (χ1) is 60.8. The van der Waals surface area contributed by atoms with Crippen molar-refractivity contribution in [3.05, 3.63) is 284 Å². The van der Waals surface area contributed by atoms with Crippen LogP contribution >= 0.6 is 34.8 Å². The molecule has 0 aromatic heterocycles. The molecular formula is C92H122Cl3N11O17S5. The molecule has 2 fully saturated rings. The number of rotatable bonds is 33. The molecule has 698 valence electrons. The minimum atomic E-state index is -3.37. The third kappa shape index (κ3) is 52.8. The monoisotopic (exact) mass is 1920 g/mol. The maximum Gasteiger partial charge on any atom is 0.337 e. The van der Waals surface area contributed by atoms with Gasteiger partial charge in [-0.3, -0.25) is 23.8 Å². The van der Waals surface area contributed by atoms with Crippen molar-refractivity contribution in [3.63, 3.8) is 0 Å². The quantitative estimate of drug-likeness (QED) is 0.00360. The van der Waals surface area contributed by atoms with E-state index in [1.165, 1.54) is 23.8 Å². The highest BCUT2D eigenvalue weighted by Gasteiger charge is 2.35. The lowest BCUT2D eigenvalue weighted by Crippen LogP contribution is -2.30. The van der Waals surface area contributed by atoms with Gasteiger partial charge in [0.15, 0.2) is 0 Å². The SMILES string of the molecule is CC#Cc1cccc(NC(=O)NCCCl)c1.CCCS(=O)(=O)Nc1ccc(C)cc1.CCS(=O)(=O)NCCOc1ccc(C)cc1.COC(=O)c1ccc(C)cc1.Cc1ccc(NS(=O)(=O)C2CC2)cc1.Cc1ccc(NS(=O)(=O)CCCCl)cc1.Cc1ccc(NS(=O)(=O)CCl)cc1.Cc1ccc(OCCN2CC[C@H](O)C2)cc1.Cc1ccc(OCCN=[N+]=[N-])cc1. The van der Waals surface area contributed by atoms with Gasteiger partial charge in [0.05, 0.1) is 54.4 Å². The second-order valence-corrected chi connectivity index (χ2v) is 39.7. The molecule has 2 amide bonds. The molecule has 1 saturated heterocycles. The highest BCUT2D eigenvalue weighted by atomic mass is 35.5. The van der Waals surface area contributed by atoms with E-state index >= 15 is 0 Å². The van der Waals surface area contributed by atoms with Gasteiger partial charge in [-0.2, -0.15) is 0 Å². The number of aliphatic hydroxyl groups is 1. The Kier molecular flexibility index (Phi) is 53.5. The van der Waals surface area contributed by atoms with E-state index in [9.17, 15) is 56.8 Å². The molecule has 1 aliphatic heterocycles. The van der Waals surface area contributed by atoms with Crippen LogP contribution in [0.15, 0.2) is 224 Å². The van der Waals surface area contributed by atoms with Gasteiger partial charge in [0.2, 0.25) is 50.1 Å². The largest absolute Gasteiger partial charge is 0.493 e. The summed E-state index contributed by atoms with van der Waals surface area (Å²) in [5.74, 6) is 8.99. The lowest BCUT2D eigenvalue weighted by atomic mass is 10.2. The van der Waals surface area contributed by atoms with Crippen LogP contribution in [-0.2, 0) is 54.9 Å². The predicted molar refractivity (Wildman–Crippen MR) is 522 cm³/mol. The average Bonchev–Trinajstić information content (AvgIpc) is 1.68. The van der Waals surface area contributed by atoms with E-state index in [4.69, 9.17) is 54.5 Å². The number of alkyl halides is 3. The van der Waals surface area contributed by atoms with Gasteiger partial charge in [-0.15, -0.1) is 40.7 Å². The maximum atomic E-state index is 11.5. The summed E-state index contributed by atoms with van der Waals surface area (Å²) in [5.41, 5.74) is 21.8. The lowest BCUT2D eigenvalue weighted by molar-refractivity contribution is 0.0600. The van der Waals surface area contributed by atoms with Crippen LogP contribution in [0.1, 0.15) is 113 Å². The molecule has 1 saturated carbocycles. The molecule has 9 aromatic rings. The number of β-amino-alcohol motifs (C(OH)–C–C–N with tert-alkyl or cyclic N) is 1. The summed E-state index contributed by atoms with van der Waals surface area (Å²) in [6, 6.07) is 66.7. The number of nitrogens with one attached hydrogen (secondary N) is 7. The number of likely N-dealkylation sites (tertiary alicyclic amines) is 1. The van der Waals surface area contributed by atoms with Crippen LogP contribution in [0.2, 0.25) is 0 Å². The number of nitrogens with zero attached hydrogens (tertiary/aromatic N) is 4. The van der Waals surface area contributed by atoms with Gasteiger partial charge >= 0.3 is 12.0 Å². The second kappa shape index (κ2) is 61.2. The number of urea groups is 1. The number of amides is 2. The van der Waals surface area contributed by atoms with E-state index in [1.807, 2.05) is 195 Å². The first kappa shape index (κ1) is 112. The number of aliphatic hydroxyl groups excluding tert-OH is 1. The van der Waals surface area contributed by atoms with Crippen molar-refractivity contribution in [2.45, 2.75) is 120 Å². The Labute approximate surface area is 773 Å². The minimum absolute atomic E-state index is 0.0599. The number of sulfonamides is 5. The number of azide groups is 1. The van der Waals surface area contributed by atoms with Crippen LogP contribution < -0.4 is 48.5 Å². The molecule has 36 heteroatoms. The summed E-state index contributed by atoms with van der Waals surface area (Å²) in [5, 5.41) is 17.4. The molecule has 0 bridgehead atoms. The van der Waals surface area contributed by atoms with Gasteiger partial charge in [-0.1, -0.05) is 166 Å². The molecule has 8 N–H and O–H groups in total. The molecule has 0 spiro atoms. The number of anilines is 5. The molecule has 0 unspecified atom stereocenters. The molecule has 11 rings (SSSR count). The Morgan fingerprint density at radius 2 is 0.922 bits per heavy atom. The van der Waals surface area contributed by atoms with Gasteiger partial charge in [-0.05, 0) is 222 Å². The van der Waals surface area contributed by atoms with Crippen LogP contribution in [0.5, 0.6) is 17.2 Å². The van der Waals surface area contributed by atoms with E-state index in [0.717, 1.165) is 89.5 Å². The standard InChI is InChI=1S/C13H19NO2.C12H13ClN2O.C11H17NO3S.C10H14ClNO2S.C10H13NO2S.C10H15NO2S.C9H11N3O.C9H10O2.C8H10ClNO2S/c1-11-2-4-13(5-3-11)16-9-8-14-7-6-12(15)10-14;1-2-4-10-5-3-6-11(9-10)15-12(16)14-8-7-13;1-3-16(13,14)12-8-9-15-11-6-4-10(2)5-7-11;1-9-3-5-10(6-4-9)12-15(13,14)8-2-7-11;1-8-2-4-9(5-3-8)11-14(12,13)10-6-7-10;1-3-8-14(12,13)11-10-6-4-9(2)5-7-10;1-8-2-4-9(5-3-8)13-7-6-11-12-10;1-7-3-5-8(6-4-7)9(10)11-2;1-7-2-4-8(5-3-7)10-13(11,12)6-9/h2-5,12,15H,6-10H2,1H3;3,5-6,9H,7-8H2,1H3,(H2,14,15,16);4-7,12H,3,8-9H2,1-2H3;3-6,12H,2,7-8H2,1H3;2-5,10-11H,6-7H2,1H3;4-7,11H,3,8H2,1-2H3;2-5H,6-7H2,1H3;3-6H,1-2H3;2-5,10H,6H2,1H3/t12-;;;;;;;;/m0......../s1. The van der Waals surface area contributed by atoms with Crippen LogP contribution in [0, 0.1) is 67.2 Å². The summed E-state index contributed by atoms with van der Waals surface area (Å²) >= 11 is 16.1. The van der Waals surface area contributed by atoms with Gasteiger partial charge < -0.3 is 34.7 Å². The highest BCUT2D eigenvalue weighted by Crippen LogP contribution is 2.30. The number of hydrogen-bond acceptors (Lipinski definition) is 19. The van der Waals surface area contributed by atoms with Crippen LogP contribution in [0.3, 0.4) is 0 Å². The number of benzene rings is 9. The van der Waals surface area contributed by atoms with Crippen molar-refractivity contribution in [3.8, 4) is 29.1 Å². The summed E-state index contributed by atoms with van der Waals surface area (Å²) < 4.78 is 146. The maximum absolute atomic E-state index is 11.5. The second-order valence-electron chi connectivity index (χ2n) is 28.9. The zero-order chi connectivity index (χ0) is 95.0. The Balaban J connectivity index is 0.000000372. The molecule has 1 aliphatic carbocycles. The van der Waals surface area contributed by atoms with Crippen molar-refractivity contribution in [1.82, 2.24) is 14.9 Å². The average molecular weight is 1920 g/mol. The molecule has 1 heterocycles. The van der Waals surface area contributed by atoms with E-state index < -0.39 is 55.3 Å². The van der Waals surface area contributed by atoms with E-state index in [0.29, 0.717) is 98.1 Å². The van der Waals surface area contributed by atoms with Gasteiger partial charge in [-0.25, -0.2) is 56.4 Å². The Morgan fingerprint density at radius 1 is 0.508 bits per heavy atom. The van der Waals surface area contributed by atoms with E-state index in [-0.39, 0.29) is 40.6 Å². The number of aryl methyl sites for hydroxylation is 8. The number of methoxy groups -OCH3 is 1. The van der Waals surface area contributed by atoms with Crippen molar-refractivity contribution in [2.24, 2.45) is 5.11 Å². The van der Waals surface area contributed by atoms with Crippen LogP contribution in [0.25, 0.3) is 10.4 Å². The van der Waals surface area contributed by atoms with Gasteiger partial charge in [0, 0.05) is 83.4 Å². The zero-order valence-corrected chi connectivity index (χ0v) is 80.9. The third-order valence-electron chi connectivity index (χ3n) is 17.2. The number of esters is 1. The topological polar surface area (TPSA) is 398 Å². The fourth-order valence-electron chi connectivity index (χ4n) is 10.2. The summed E-state index contributed by atoms with van der Waals surface area (Å²) in [7, 11) is -14.6. The van der Waals surface area contributed by atoms with Gasteiger partial charge in [0.25, 0.3) is 0 Å². The van der Waals surface area contributed by atoms with Crippen molar-refractivity contribution >= 4 is 125 Å². The molecule has 28 nitrogen and oxygen atoms in total. The number of carbonyl (C=O) groups excluding carboxylic acids is 2. The smallest absolute Gasteiger partial charge is 0.337 e. The Hall–Kier alpha value is -10.3. The number of halogens is 3. The Bertz CT molecular complexity index is 5440. The van der Waals surface area contributed by atoms with Crippen LogP contribution in [0.4, 0.5) is 33.2 Å². The molecule has 2 aliphatic rings. The molecule has 9 aromatic carbocycles. The first-order valence-electron chi connectivity index (χ1n) is 40.9. The molecular weight excluding hydrogens is 1800 g/mol. The van der Waals surface area contributed by atoms with E-state index in [1.54, 1.807) is 80.6 Å². The van der Waals surface area contributed by atoms with Gasteiger partial charge in [0.1, 0.15) is 35.7 Å². The fourth-order valence-corrected chi connectivity index (χ4v) is 15.5. The first-order valence-corrected chi connectivity index (χ1v) is 50.7. The van der Waals surface area contributed by atoms with Crippen molar-refractivity contribution in [1.29, 1.82) is 0 Å². The van der Waals surface area contributed by atoms with Crippen molar-refractivity contribution < 1.29 is 75.7 Å². The third-order valence-corrected chi connectivity index (χ3v) is 25.5. The summed E-state index contributed by atoms with van der Waals surface area (Å²) in [6.45, 7) is 26.3. The van der Waals surface area contributed by atoms with Crippen LogP contribution in [-0.4, -0.2) is 176 Å². The number of hydrogen-bond donors (Lipinski definition) is 8. The molecule has 128 heavy (non-hydrogen) atoms. The normalized spacial score (nSPS) is 12.4. The fraction of sp³-hybridized carbons (Fsp3) is 0.370. The lowest BCUT2D eigenvalue weighted by Gasteiger charge is -2.15. The Morgan fingerprint density at radius 3 is 1.30 bits per heavy atom. The molecule has 0 radical (unpaired) electrons. The van der Waals surface area contributed by atoms with E-state index in [2.05, 4.69) is 84.8 Å². The summed E-state index contributed by atoms with van der Waals surface area (Å²) in [4.78, 5) is 27.1. The number of ether oxygens (including phenoxy) is 4. The highest BCUT2D eigenvalue weighted by molar-refractivity contribution is 7.94. The molecule has 1 atom stereocenters. The summed E-state index contributed by atoms with van der Waals surface area (Å²) in [6.07, 6.45) is 3.43.